The summed E-state index contributed by atoms with van der Waals surface area (Å²) in [4.78, 5) is 17.7. The summed E-state index contributed by atoms with van der Waals surface area (Å²) in [7, 11) is 0. The number of carbonyl (C=O) groups is 1. The van der Waals surface area contributed by atoms with Crippen molar-refractivity contribution in [3.8, 4) is 0 Å². The van der Waals surface area contributed by atoms with Crippen molar-refractivity contribution in [2.24, 2.45) is 0 Å². The highest BCUT2D eigenvalue weighted by Gasteiger charge is 2.27. The van der Waals surface area contributed by atoms with Crippen molar-refractivity contribution in [2.75, 3.05) is 24.7 Å². The molecule has 2 heterocycles. The predicted octanol–water partition coefficient (Wildman–Crippen LogP) is 2.79. The topological polar surface area (TPSA) is 75.8 Å². The quantitative estimate of drug-likeness (QED) is 0.939. The lowest BCUT2D eigenvalue weighted by molar-refractivity contribution is 0.0698. The zero-order valence-electron chi connectivity index (χ0n) is 11.5. The van der Waals surface area contributed by atoms with E-state index in [0.29, 0.717) is 41.9 Å². The Bertz CT molecular complexity index is 685. The normalized spacial score (nSPS) is 19.1. The van der Waals surface area contributed by atoms with E-state index in [1.54, 1.807) is 6.07 Å². The number of rotatable bonds is 3. The van der Waals surface area contributed by atoms with Crippen LogP contribution < -0.4 is 4.90 Å². The molecule has 1 saturated heterocycles. The summed E-state index contributed by atoms with van der Waals surface area (Å²) in [5, 5.41) is 9.57. The van der Waals surface area contributed by atoms with E-state index in [1.165, 1.54) is 6.07 Å². The minimum absolute atomic E-state index is 0.0498. The first-order valence-corrected chi connectivity index (χ1v) is 7.15. The average Bonchev–Trinajstić information content (AvgIpc) is 2.89. The van der Waals surface area contributed by atoms with Crippen LogP contribution in [0.4, 0.5) is 6.01 Å². The van der Waals surface area contributed by atoms with Crippen LogP contribution in [0, 0.1) is 0 Å². The summed E-state index contributed by atoms with van der Waals surface area (Å²) in [6, 6.07) is 3.57. The Hall–Kier alpha value is -1.79. The van der Waals surface area contributed by atoms with Gasteiger partial charge in [0.25, 0.3) is 6.01 Å². The summed E-state index contributed by atoms with van der Waals surface area (Å²) in [5.41, 5.74) is 0.758. The molecule has 0 spiro atoms. The number of morpholine rings is 1. The Labute approximate surface area is 126 Å². The molecule has 1 aromatic heterocycles. The van der Waals surface area contributed by atoms with E-state index >= 15 is 0 Å². The number of halogens is 1. The molecule has 3 rings (SSSR count). The van der Waals surface area contributed by atoms with Crippen LogP contribution in [0.15, 0.2) is 16.5 Å². The fourth-order valence-electron chi connectivity index (χ4n) is 2.51. The number of carboxylic acids is 1. The average molecular weight is 311 g/mol. The Kier molecular flexibility index (Phi) is 3.73. The van der Waals surface area contributed by atoms with Crippen molar-refractivity contribution in [2.45, 2.75) is 19.4 Å². The minimum Gasteiger partial charge on any atom is -0.478 e. The van der Waals surface area contributed by atoms with E-state index in [1.807, 2.05) is 4.90 Å². The van der Waals surface area contributed by atoms with Gasteiger partial charge >= 0.3 is 5.97 Å². The maximum Gasteiger partial charge on any atom is 0.338 e. The number of aromatic carboxylic acids is 1. The van der Waals surface area contributed by atoms with E-state index < -0.39 is 5.97 Å². The molecule has 21 heavy (non-hydrogen) atoms. The lowest BCUT2D eigenvalue weighted by atomic mass is 10.2. The van der Waals surface area contributed by atoms with Crippen LogP contribution in [0.25, 0.3) is 11.1 Å². The molecule has 1 fully saturated rings. The lowest BCUT2D eigenvalue weighted by Gasteiger charge is -2.33. The van der Waals surface area contributed by atoms with Crippen molar-refractivity contribution in [1.29, 1.82) is 0 Å². The van der Waals surface area contributed by atoms with Crippen molar-refractivity contribution in [3.05, 3.63) is 22.7 Å². The number of ether oxygens (including phenoxy) is 1. The standard InChI is InChI=1S/C14H15ClN2O4/c1-2-9-7-20-4-3-17(9)14-16-12-10(13(18)19)5-8(15)6-11(12)21-14/h5-6,9H,2-4,7H2,1H3,(H,18,19)/t9-/m0/s1. The van der Waals surface area contributed by atoms with Crippen LogP contribution in [0.2, 0.25) is 5.02 Å². The Morgan fingerprint density at radius 3 is 3.10 bits per heavy atom. The number of hydrogen-bond donors (Lipinski definition) is 1. The molecule has 0 aliphatic carbocycles. The van der Waals surface area contributed by atoms with Crippen LogP contribution in [0.1, 0.15) is 23.7 Å². The molecule has 1 aromatic carbocycles. The van der Waals surface area contributed by atoms with Gasteiger partial charge in [0.1, 0.15) is 5.52 Å². The summed E-state index contributed by atoms with van der Waals surface area (Å²) < 4.78 is 11.2. The molecule has 1 aliphatic heterocycles. The van der Waals surface area contributed by atoms with Gasteiger partial charge in [0.2, 0.25) is 0 Å². The smallest absolute Gasteiger partial charge is 0.338 e. The van der Waals surface area contributed by atoms with E-state index in [0.717, 1.165) is 6.42 Å². The molecule has 0 amide bonds. The van der Waals surface area contributed by atoms with Gasteiger partial charge in [-0.05, 0) is 12.5 Å². The number of benzene rings is 1. The molecule has 0 radical (unpaired) electrons. The van der Waals surface area contributed by atoms with E-state index in [4.69, 9.17) is 20.8 Å². The molecule has 7 heteroatoms. The zero-order chi connectivity index (χ0) is 15.0. The molecule has 0 saturated carbocycles. The van der Waals surface area contributed by atoms with Crippen LogP contribution in [-0.4, -0.2) is 41.9 Å². The number of anilines is 1. The van der Waals surface area contributed by atoms with Gasteiger partial charge in [-0.1, -0.05) is 18.5 Å². The third kappa shape index (κ3) is 2.56. The molecule has 6 nitrogen and oxygen atoms in total. The Morgan fingerprint density at radius 1 is 1.57 bits per heavy atom. The van der Waals surface area contributed by atoms with Gasteiger partial charge in [0.15, 0.2) is 5.58 Å². The predicted molar refractivity (Wildman–Crippen MR) is 78.2 cm³/mol. The Balaban J connectivity index is 2.08. The molecular formula is C14H15ClN2O4. The summed E-state index contributed by atoms with van der Waals surface area (Å²) in [6.07, 6.45) is 0.894. The SMILES string of the molecule is CC[C@H]1COCCN1c1nc2c(C(=O)O)cc(Cl)cc2o1. The molecule has 0 unspecified atom stereocenters. The summed E-state index contributed by atoms with van der Waals surface area (Å²) in [6.45, 7) is 3.94. The van der Waals surface area contributed by atoms with Crippen molar-refractivity contribution in [1.82, 2.24) is 4.98 Å². The fourth-order valence-corrected chi connectivity index (χ4v) is 2.72. The third-order valence-electron chi connectivity index (χ3n) is 3.62. The second-order valence-corrected chi connectivity index (χ2v) is 5.37. The maximum atomic E-state index is 11.3. The number of oxazole rings is 1. The molecule has 112 valence electrons. The summed E-state index contributed by atoms with van der Waals surface area (Å²) >= 11 is 5.93. The highest BCUT2D eigenvalue weighted by molar-refractivity contribution is 6.31. The van der Waals surface area contributed by atoms with Crippen LogP contribution in [-0.2, 0) is 4.74 Å². The van der Waals surface area contributed by atoms with Gasteiger partial charge in [0, 0.05) is 17.6 Å². The van der Waals surface area contributed by atoms with Crippen molar-refractivity contribution < 1.29 is 19.1 Å². The van der Waals surface area contributed by atoms with Crippen LogP contribution in [0.3, 0.4) is 0 Å². The second-order valence-electron chi connectivity index (χ2n) is 4.93. The van der Waals surface area contributed by atoms with Gasteiger partial charge in [-0.25, -0.2) is 4.79 Å². The van der Waals surface area contributed by atoms with Gasteiger partial charge in [-0.15, -0.1) is 0 Å². The number of fused-ring (bicyclic) bond motifs is 1. The van der Waals surface area contributed by atoms with Gasteiger partial charge in [-0.3, -0.25) is 0 Å². The monoisotopic (exact) mass is 310 g/mol. The van der Waals surface area contributed by atoms with Crippen molar-refractivity contribution >= 4 is 34.7 Å². The van der Waals surface area contributed by atoms with Gasteiger partial charge in [0.05, 0.1) is 24.8 Å². The maximum absolute atomic E-state index is 11.3. The zero-order valence-corrected chi connectivity index (χ0v) is 12.3. The molecule has 1 atom stereocenters. The van der Waals surface area contributed by atoms with Crippen LogP contribution in [0.5, 0.6) is 0 Å². The van der Waals surface area contributed by atoms with Crippen molar-refractivity contribution in [3.63, 3.8) is 0 Å². The molecule has 2 aromatic rings. The van der Waals surface area contributed by atoms with E-state index in [-0.39, 0.29) is 11.6 Å². The fraction of sp³-hybridized carbons (Fsp3) is 0.429. The van der Waals surface area contributed by atoms with Gasteiger partial charge in [-0.2, -0.15) is 4.98 Å². The first-order chi connectivity index (χ1) is 10.1. The molecule has 1 N–H and O–H groups in total. The number of aromatic nitrogens is 1. The Morgan fingerprint density at radius 2 is 2.38 bits per heavy atom. The molecule has 1 aliphatic rings. The van der Waals surface area contributed by atoms with E-state index in [9.17, 15) is 9.90 Å². The first kappa shape index (κ1) is 14.2. The number of hydrogen-bond acceptors (Lipinski definition) is 5. The number of nitrogens with zero attached hydrogens (tertiary/aromatic N) is 2. The lowest BCUT2D eigenvalue weighted by Crippen LogP contribution is -2.45. The highest BCUT2D eigenvalue weighted by atomic mass is 35.5. The minimum atomic E-state index is -1.07. The summed E-state index contributed by atoms with van der Waals surface area (Å²) in [5.74, 6) is -1.07. The molecule has 0 bridgehead atoms. The van der Waals surface area contributed by atoms with Gasteiger partial charge < -0.3 is 19.2 Å². The molecular weight excluding hydrogens is 296 g/mol. The van der Waals surface area contributed by atoms with E-state index in [2.05, 4.69) is 11.9 Å². The first-order valence-electron chi connectivity index (χ1n) is 6.78. The second kappa shape index (κ2) is 5.54. The number of carboxylic acid groups (broad SMARTS) is 1. The largest absolute Gasteiger partial charge is 0.478 e. The highest BCUT2D eigenvalue weighted by Crippen LogP contribution is 2.30. The third-order valence-corrected chi connectivity index (χ3v) is 3.84. The van der Waals surface area contributed by atoms with Crippen LogP contribution >= 0.6 is 11.6 Å².